The Morgan fingerprint density at radius 3 is 2.71 bits per heavy atom. The van der Waals surface area contributed by atoms with Crippen LogP contribution in [0, 0.1) is 13.8 Å². The monoisotopic (exact) mass is 239 g/mol. The molecule has 5 nitrogen and oxygen atoms in total. The lowest BCUT2D eigenvalue weighted by molar-refractivity contribution is 0.0689. The van der Waals surface area contributed by atoms with Crippen molar-refractivity contribution in [3.05, 3.63) is 22.9 Å². The van der Waals surface area contributed by atoms with Crippen molar-refractivity contribution < 1.29 is 19.4 Å². The molecule has 0 radical (unpaired) electrons. The number of hydrogen-bond acceptors (Lipinski definition) is 4. The Hall–Kier alpha value is -1.62. The maximum absolute atomic E-state index is 11.1. The highest BCUT2D eigenvalue weighted by Gasteiger charge is 2.16. The summed E-state index contributed by atoms with van der Waals surface area (Å²) in [6.07, 6.45) is 0.699. The fourth-order valence-corrected chi connectivity index (χ4v) is 1.54. The summed E-state index contributed by atoms with van der Waals surface area (Å²) in [6, 6.07) is 1.73. The van der Waals surface area contributed by atoms with Crippen molar-refractivity contribution in [2.45, 2.75) is 20.3 Å². The molecule has 94 valence electrons. The summed E-state index contributed by atoms with van der Waals surface area (Å²) in [5.74, 6) is -0.831. The van der Waals surface area contributed by atoms with Crippen LogP contribution in [0.4, 0.5) is 0 Å². The fraction of sp³-hybridized carbons (Fsp3) is 0.500. The van der Waals surface area contributed by atoms with Crippen LogP contribution in [0.2, 0.25) is 0 Å². The van der Waals surface area contributed by atoms with Crippen molar-refractivity contribution in [3.63, 3.8) is 0 Å². The van der Waals surface area contributed by atoms with Crippen molar-refractivity contribution >= 4 is 5.97 Å². The molecule has 0 aliphatic rings. The molecule has 0 aromatic carbocycles. The Morgan fingerprint density at radius 1 is 1.41 bits per heavy atom. The Balaban J connectivity index is 2.85. The summed E-state index contributed by atoms with van der Waals surface area (Å²) in [6.45, 7) is 4.51. The first kappa shape index (κ1) is 13.4. The lowest BCUT2D eigenvalue weighted by atomic mass is 10.1. The zero-order valence-corrected chi connectivity index (χ0v) is 10.3. The quantitative estimate of drug-likeness (QED) is 0.767. The van der Waals surface area contributed by atoms with Gasteiger partial charge in [0.1, 0.15) is 5.56 Å². The Morgan fingerprint density at radius 2 is 2.12 bits per heavy atom. The van der Waals surface area contributed by atoms with Gasteiger partial charge in [-0.3, -0.25) is 0 Å². The summed E-state index contributed by atoms with van der Waals surface area (Å²) in [5, 5.41) is 9.10. The third-order valence-electron chi connectivity index (χ3n) is 2.26. The van der Waals surface area contributed by atoms with Gasteiger partial charge in [0.25, 0.3) is 0 Å². The van der Waals surface area contributed by atoms with Gasteiger partial charge < -0.3 is 14.6 Å². The van der Waals surface area contributed by atoms with E-state index in [9.17, 15) is 4.79 Å². The predicted octanol–water partition coefficient (Wildman–Crippen LogP) is 1.81. The Labute approximate surface area is 100 Å². The van der Waals surface area contributed by atoms with Gasteiger partial charge in [0.2, 0.25) is 5.88 Å². The van der Waals surface area contributed by atoms with Crippen LogP contribution >= 0.6 is 0 Å². The van der Waals surface area contributed by atoms with Crippen LogP contribution in [0.25, 0.3) is 0 Å². The van der Waals surface area contributed by atoms with Gasteiger partial charge in [-0.2, -0.15) is 0 Å². The lowest BCUT2D eigenvalue weighted by Gasteiger charge is -2.10. The molecular weight excluding hydrogens is 222 g/mol. The SMILES string of the molecule is COCCCOc1nc(C)cc(C)c1C(=O)O. The number of nitrogens with zero attached hydrogens (tertiary/aromatic N) is 1. The molecule has 0 bridgehead atoms. The van der Waals surface area contributed by atoms with E-state index < -0.39 is 5.97 Å². The van der Waals surface area contributed by atoms with Gasteiger partial charge in [0.05, 0.1) is 6.61 Å². The van der Waals surface area contributed by atoms with Crippen LogP contribution < -0.4 is 4.74 Å². The molecular formula is C12H17NO4. The standard InChI is InChI=1S/C12H17NO4/c1-8-7-9(2)13-11(10(8)12(14)15)17-6-4-5-16-3/h7H,4-6H2,1-3H3,(H,14,15). The molecule has 5 heteroatoms. The summed E-state index contributed by atoms with van der Waals surface area (Å²) in [7, 11) is 1.61. The second-order valence-electron chi connectivity index (χ2n) is 3.76. The van der Waals surface area contributed by atoms with Crippen molar-refractivity contribution in [3.8, 4) is 5.88 Å². The molecule has 17 heavy (non-hydrogen) atoms. The molecule has 0 aliphatic heterocycles. The van der Waals surface area contributed by atoms with E-state index in [-0.39, 0.29) is 11.4 Å². The molecule has 1 heterocycles. The van der Waals surface area contributed by atoms with E-state index in [1.54, 1.807) is 27.0 Å². The maximum atomic E-state index is 11.1. The first-order valence-electron chi connectivity index (χ1n) is 5.39. The van der Waals surface area contributed by atoms with Crippen molar-refractivity contribution in [1.82, 2.24) is 4.98 Å². The van der Waals surface area contributed by atoms with Crippen LogP contribution in [-0.4, -0.2) is 36.4 Å². The van der Waals surface area contributed by atoms with Crippen molar-refractivity contribution in [1.29, 1.82) is 0 Å². The van der Waals surface area contributed by atoms with Crippen LogP contribution in [0.5, 0.6) is 5.88 Å². The molecule has 0 unspecified atom stereocenters. The molecule has 1 aromatic rings. The molecule has 1 rings (SSSR count). The summed E-state index contributed by atoms with van der Waals surface area (Å²) >= 11 is 0. The van der Waals surface area contributed by atoms with Crippen molar-refractivity contribution in [2.75, 3.05) is 20.3 Å². The first-order chi connectivity index (χ1) is 8.06. The van der Waals surface area contributed by atoms with Crippen molar-refractivity contribution in [2.24, 2.45) is 0 Å². The Kier molecular flexibility index (Phi) is 4.90. The smallest absolute Gasteiger partial charge is 0.341 e. The third kappa shape index (κ3) is 3.71. The minimum atomic E-state index is -1.02. The van der Waals surface area contributed by atoms with E-state index >= 15 is 0 Å². The van der Waals surface area contributed by atoms with Crippen LogP contribution in [0.3, 0.4) is 0 Å². The number of carboxylic acid groups (broad SMARTS) is 1. The highest BCUT2D eigenvalue weighted by Crippen LogP contribution is 2.21. The number of aryl methyl sites for hydroxylation is 2. The largest absolute Gasteiger partial charge is 0.477 e. The molecule has 0 spiro atoms. The number of hydrogen-bond donors (Lipinski definition) is 1. The van der Waals surface area contributed by atoms with E-state index in [4.69, 9.17) is 14.6 Å². The Bertz CT molecular complexity index is 404. The van der Waals surface area contributed by atoms with Gasteiger partial charge in [-0.05, 0) is 25.5 Å². The average Bonchev–Trinajstić information content (AvgIpc) is 2.22. The third-order valence-corrected chi connectivity index (χ3v) is 2.26. The summed E-state index contributed by atoms with van der Waals surface area (Å²) in [5.41, 5.74) is 1.54. The zero-order valence-electron chi connectivity index (χ0n) is 10.3. The normalized spacial score (nSPS) is 10.3. The van der Waals surface area contributed by atoms with Gasteiger partial charge >= 0.3 is 5.97 Å². The molecule has 1 N–H and O–H groups in total. The van der Waals surface area contributed by atoms with Gasteiger partial charge in [-0.1, -0.05) is 0 Å². The second kappa shape index (κ2) is 6.20. The lowest BCUT2D eigenvalue weighted by Crippen LogP contribution is -2.10. The van der Waals surface area contributed by atoms with Gasteiger partial charge in [-0.15, -0.1) is 0 Å². The number of rotatable bonds is 6. The molecule has 0 saturated carbocycles. The number of carboxylic acids is 1. The van der Waals surface area contributed by atoms with E-state index in [0.717, 1.165) is 5.69 Å². The van der Waals surface area contributed by atoms with Gasteiger partial charge in [0, 0.05) is 25.8 Å². The minimum absolute atomic E-state index is 0.132. The van der Waals surface area contributed by atoms with Gasteiger partial charge in [-0.25, -0.2) is 9.78 Å². The predicted molar refractivity (Wildman–Crippen MR) is 62.7 cm³/mol. The van der Waals surface area contributed by atoms with Crippen LogP contribution in [-0.2, 0) is 4.74 Å². The van der Waals surface area contributed by atoms with E-state index in [1.807, 2.05) is 0 Å². The fourth-order valence-electron chi connectivity index (χ4n) is 1.54. The highest BCUT2D eigenvalue weighted by atomic mass is 16.5. The first-order valence-corrected chi connectivity index (χ1v) is 5.39. The number of pyridine rings is 1. The average molecular weight is 239 g/mol. The van der Waals surface area contributed by atoms with Crippen LogP contribution in [0.15, 0.2) is 6.07 Å². The molecule has 0 atom stereocenters. The highest BCUT2D eigenvalue weighted by molar-refractivity contribution is 5.91. The topological polar surface area (TPSA) is 68.7 Å². The number of aromatic carboxylic acids is 1. The summed E-state index contributed by atoms with van der Waals surface area (Å²) < 4.78 is 10.3. The van der Waals surface area contributed by atoms with E-state index in [1.165, 1.54) is 0 Å². The van der Waals surface area contributed by atoms with E-state index in [0.29, 0.717) is 25.2 Å². The summed E-state index contributed by atoms with van der Waals surface area (Å²) in [4.78, 5) is 15.2. The zero-order chi connectivity index (χ0) is 12.8. The molecule has 0 fully saturated rings. The molecule has 1 aromatic heterocycles. The molecule has 0 amide bonds. The number of aromatic nitrogens is 1. The number of methoxy groups -OCH3 is 1. The molecule has 0 saturated heterocycles. The number of ether oxygens (including phenoxy) is 2. The van der Waals surface area contributed by atoms with E-state index in [2.05, 4.69) is 4.98 Å². The van der Waals surface area contributed by atoms with Gasteiger partial charge in [0.15, 0.2) is 0 Å². The maximum Gasteiger partial charge on any atom is 0.341 e. The second-order valence-corrected chi connectivity index (χ2v) is 3.76. The molecule has 0 aliphatic carbocycles. The number of carbonyl (C=O) groups is 1. The van der Waals surface area contributed by atoms with Crippen LogP contribution in [0.1, 0.15) is 28.0 Å². The minimum Gasteiger partial charge on any atom is -0.477 e.